The summed E-state index contributed by atoms with van der Waals surface area (Å²) in [5.74, 6) is 0.945. The molecule has 1 aromatic carbocycles. The molecule has 0 amide bonds. The van der Waals surface area contributed by atoms with E-state index < -0.39 is 0 Å². The van der Waals surface area contributed by atoms with E-state index >= 15 is 0 Å². The maximum absolute atomic E-state index is 5.26. The van der Waals surface area contributed by atoms with Gasteiger partial charge in [0.25, 0.3) is 0 Å². The zero-order valence-electron chi connectivity index (χ0n) is 9.66. The molecule has 0 saturated carbocycles. The zero-order chi connectivity index (χ0) is 11.5. The Morgan fingerprint density at radius 2 is 2.25 bits per heavy atom. The quantitative estimate of drug-likeness (QED) is 0.619. The van der Waals surface area contributed by atoms with Gasteiger partial charge in [-0.2, -0.15) is 0 Å². The second-order valence-electron chi connectivity index (χ2n) is 3.88. The van der Waals surface area contributed by atoms with Crippen molar-refractivity contribution in [2.45, 2.75) is 19.8 Å². The highest BCUT2D eigenvalue weighted by Crippen LogP contribution is 2.34. The van der Waals surface area contributed by atoms with Crippen LogP contribution >= 0.6 is 22.6 Å². The smallest absolute Gasteiger partial charge is 0.119 e. The fraction of sp³-hybridized carbons (Fsp3) is 0.385. The Balaban J connectivity index is 2.37. The van der Waals surface area contributed by atoms with E-state index in [4.69, 9.17) is 4.74 Å². The SMILES string of the molecule is CCCN1C(I)=CCc2cc(OC)ccc21. The van der Waals surface area contributed by atoms with Gasteiger partial charge in [0.15, 0.2) is 0 Å². The first-order chi connectivity index (χ1) is 7.76. The third kappa shape index (κ3) is 2.19. The first kappa shape index (κ1) is 11.8. The van der Waals surface area contributed by atoms with Gasteiger partial charge in [0.05, 0.1) is 10.8 Å². The van der Waals surface area contributed by atoms with E-state index in [9.17, 15) is 0 Å². The van der Waals surface area contributed by atoms with E-state index in [1.807, 2.05) is 6.07 Å². The van der Waals surface area contributed by atoms with Crippen LogP contribution in [0, 0.1) is 0 Å². The van der Waals surface area contributed by atoms with Gasteiger partial charge in [-0.15, -0.1) is 0 Å². The minimum atomic E-state index is 0.945. The Morgan fingerprint density at radius 3 is 2.94 bits per heavy atom. The number of fused-ring (bicyclic) bond motifs is 1. The highest BCUT2D eigenvalue weighted by atomic mass is 127. The van der Waals surface area contributed by atoms with E-state index in [1.165, 1.54) is 15.0 Å². The summed E-state index contributed by atoms with van der Waals surface area (Å²) in [7, 11) is 1.72. The summed E-state index contributed by atoms with van der Waals surface area (Å²) in [5.41, 5.74) is 2.68. The Bertz CT molecular complexity index is 414. The first-order valence-electron chi connectivity index (χ1n) is 5.56. The van der Waals surface area contributed by atoms with Crippen molar-refractivity contribution in [1.29, 1.82) is 0 Å². The summed E-state index contributed by atoms with van der Waals surface area (Å²) < 4.78 is 6.59. The third-order valence-electron chi connectivity index (χ3n) is 2.77. The lowest BCUT2D eigenvalue weighted by Crippen LogP contribution is -2.24. The van der Waals surface area contributed by atoms with Gasteiger partial charge < -0.3 is 9.64 Å². The molecule has 0 N–H and O–H groups in total. The Morgan fingerprint density at radius 1 is 1.44 bits per heavy atom. The van der Waals surface area contributed by atoms with E-state index in [0.29, 0.717) is 0 Å². The van der Waals surface area contributed by atoms with Gasteiger partial charge in [-0.05, 0) is 65.3 Å². The van der Waals surface area contributed by atoms with Gasteiger partial charge in [0.2, 0.25) is 0 Å². The molecule has 0 fully saturated rings. The molecule has 3 heteroatoms. The number of methoxy groups -OCH3 is 1. The Kier molecular flexibility index (Phi) is 3.74. The molecule has 86 valence electrons. The number of anilines is 1. The molecule has 0 radical (unpaired) electrons. The molecule has 0 aliphatic carbocycles. The average molecular weight is 329 g/mol. The zero-order valence-corrected chi connectivity index (χ0v) is 11.8. The van der Waals surface area contributed by atoms with Gasteiger partial charge in [0, 0.05) is 12.2 Å². The van der Waals surface area contributed by atoms with Gasteiger partial charge >= 0.3 is 0 Å². The molecule has 0 bridgehead atoms. The summed E-state index contributed by atoms with van der Waals surface area (Å²) >= 11 is 2.41. The molecule has 1 aromatic rings. The molecular weight excluding hydrogens is 313 g/mol. The summed E-state index contributed by atoms with van der Waals surface area (Å²) in [5, 5.41) is 0. The summed E-state index contributed by atoms with van der Waals surface area (Å²) in [6.45, 7) is 3.29. The predicted molar refractivity (Wildman–Crippen MR) is 76.4 cm³/mol. The normalized spacial score (nSPS) is 14.4. The van der Waals surface area contributed by atoms with E-state index in [0.717, 1.165) is 25.1 Å². The Hall–Kier alpha value is -0.710. The topological polar surface area (TPSA) is 12.5 Å². The third-order valence-corrected chi connectivity index (χ3v) is 3.80. The van der Waals surface area contributed by atoms with Crippen molar-refractivity contribution in [2.75, 3.05) is 18.6 Å². The summed E-state index contributed by atoms with van der Waals surface area (Å²) in [6, 6.07) is 6.34. The molecule has 0 atom stereocenters. The van der Waals surface area contributed by atoms with Crippen LogP contribution in [0.3, 0.4) is 0 Å². The Labute approximate surface area is 110 Å². The lowest BCUT2D eigenvalue weighted by molar-refractivity contribution is 0.414. The second kappa shape index (κ2) is 5.08. The second-order valence-corrected chi connectivity index (χ2v) is 4.98. The minimum absolute atomic E-state index is 0.945. The number of hydrogen-bond donors (Lipinski definition) is 0. The minimum Gasteiger partial charge on any atom is -0.497 e. The van der Waals surface area contributed by atoms with Crippen LogP contribution in [0.15, 0.2) is 28.0 Å². The van der Waals surface area contributed by atoms with Crippen molar-refractivity contribution >= 4 is 28.3 Å². The molecule has 1 heterocycles. The number of hydrogen-bond acceptors (Lipinski definition) is 2. The van der Waals surface area contributed by atoms with Crippen molar-refractivity contribution in [3.05, 3.63) is 33.5 Å². The fourth-order valence-corrected chi connectivity index (χ4v) is 2.71. The lowest BCUT2D eigenvalue weighted by atomic mass is 10.1. The van der Waals surface area contributed by atoms with Crippen LogP contribution in [-0.2, 0) is 6.42 Å². The summed E-state index contributed by atoms with van der Waals surface area (Å²) in [4.78, 5) is 2.37. The van der Waals surface area contributed by atoms with Gasteiger partial charge in [0.1, 0.15) is 5.75 Å². The number of halogens is 1. The number of rotatable bonds is 3. The van der Waals surface area contributed by atoms with Crippen LogP contribution in [0.25, 0.3) is 0 Å². The maximum Gasteiger partial charge on any atom is 0.119 e. The molecule has 0 aromatic heterocycles. The molecule has 0 saturated heterocycles. The average Bonchev–Trinajstić information content (AvgIpc) is 2.32. The first-order valence-corrected chi connectivity index (χ1v) is 6.64. The van der Waals surface area contributed by atoms with E-state index in [-0.39, 0.29) is 0 Å². The molecule has 0 unspecified atom stereocenters. The molecule has 16 heavy (non-hydrogen) atoms. The standard InChI is InChI=1S/C13H16INO/c1-3-8-15-12-6-5-11(16-2)9-10(12)4-7-13(15)14/h5-7,9H,3-4,8H2,1-2H3. The maximum atomic E-state index is 5.26. The van der Waals surface area contributed by atoms with Crippen LogP contribution in [-0.4, -0.2) is 13.7 Å². The fourth-order valence-electron chi connectivity index (χ4n) is 1.99. The van der Waals surface area contributed by atoms with Crippen LogP contribution in [0.4, 0.5) is 5.69 Å². The molecule has 2 rings (SSSR count). The van der Waals surface area contributed by atoms with Crippen LogP contribution in [0.2, 0.25) is 0 Å². The van der Waals surface area contributed by atoms with Gasteiger partial charge in [-0.3, -0.25) is 0 Å². The van der Waals surface area contributed by atoms with Crippen molar-refractivity contribution in [1.82, 2.24) is 0 Å². The molecule has 1 aliphatic rings. The number of ether oxygens (including phenoxy) is 1. The highest BCUT2D eigenvalue weighted by Gasteiger charge is 2.17. The van der Waals surface area contributed by atoms with Gasteiger partial charge in [-0.25, -0.2) is 0 Å². The van der Waals surface area contributed by atoms with Crippen LogP contribution in [0.1, 0.15) is 18.9 Å². The number of benzene rings is 1. The van der Waals surface area contributed by atoms with E-state index in [1.54, 1.807) is 7.11 Å². The van der Waals surface area contributed by atoms with Gasteiger partial charge in [-0.1, -0.05) is 6.92 Å². The monoisotopic (exact) mass is 329 g/mol. The van der Waals surface area contributed by atoms with Crippen molar-refractivity contribution < 1.29 is 4.74 Å². The molecular formula is C13H16INO. The number of allylic oxidation sites excluding steroid dienone is 1. The summed E-state index contributed by atoms with van der Waals surface area (Å²) in [6.07, 6.45) is 4.44. The van der Waals surface area contributed by atoms with E-state index in [2.05, 4.69) is 52.6 Å². The molecule has 1 aliphatic heterocycles. The lowest BCUT2D eigenvalue weighted by Gasteiger charge is -2.29. The van der Waals surface area contributed by atoms with Crippen LogP contribution in [0.5, 0.6) is 5.75 Å². The van der Waals surface area contributed by atoms with Crippen molar-refractivity contribution in [2.24, 2.45) is 0 Å². The molecule has 2 nitrogen and oxygen atoms in total. The predicted octanol–water partition coefficient (Wildman–Crippen LogP) is 3.74. The highest BCUT2D eigenvalue weighted by molar-refractivity contribution is 14.1. The number of nitrogens with zero attached hydrogens (tertiary/aromatic N) is 1. The van der Waals surface area contributed by atoms with Crippen LogP contribution < -0.4 is 9.64 Å². The largest absolute Gasteiger partial charge is 0.497 e. The van der Waals surface area contributed by atoms with Crippen molar-refractivity contribution in [3.8, 4) is 5.75 Å². The van der Waals surface area contributed by atoms with Crippen molar-refractivity contribution in [3.63, 3.8) is 0 Å². The molecule has 0 spiro atoms.